The Morgan fingerprint density at radius 1 is 0.921 bits per heavy atom. The summed E-state index contributed by atoms with van der Waals surface area (Å²) in [5, 5.41) is 9.13. The molecule has 4 aliphatic heterocycles. The van der Waals surface area contributed by atoms with Gasteiger partial charge in [-0.25, -0.2) is 0 Å². The van der Waals surface area contributed by atoms with E-state index in [1.807, 2.05) is 59.5 Å². The maximum absolute atomic E-state index is 14.2. The van der Waals surface area contributed by atoms with Crippen molar-refractivity contribution in [3.05, 3.63) is 54.6 Å². The lowest BCUT2D eigenvalue weighted by Gasteiger charge is -2.35. The molecule has 4 heterocycles. The predicted molar refractivity (Wildman–Crippen MR) is 144 cm³/mol. The van der Waals surface area contributed by atoms with E-state index in [2.05, 4.69) is 6.92 Å². The second-order valence-electron chi connectivity index (χ2n) is 10.8. The van der Waals surface area contributed by atoms with Gasteiger partial charge in [-0.05, 0) is 31.4 Å². The van der Waals surface area contributed by atoms with Crippen LogP contribution < -0.4 is 4.90 Å². The van der Waals surface area contributed by atoms with Crippen LogP contribution in [0, 0.1) is 11.8 Å². The van der Waals surface area contributed by atoms with Crippen molar-refractivity contribution in [1.82, 2.24) is 9.80 Å². The van der Waals surface area contributed by atoms with Crippen molar-refractivity contribution < 1.29 is 24.2 Å². The SMILES string of the molecule is CCCCN1CC=C[C@]23O[C@@H]4C=CCN(c5ccccc5)C(=O)[C@@H]4[C@H]2C(=O)N(CCCCCCO)C3C1=O. The van der Waals surface area contributed by atoms with Crippen molar-refractivity contribution in [2.45, 2.75) is 63.2 Å². The fourth-order valence-corrected chi connectivity index (χ4v) is 6.56. The fourth-order valence-electron chi connectivity index (χ4n) is 6.56. The lowest BCUT2D eigenvalue weighted by molar-refractivity contribution is -0.147. The van der Waals surface area contributed by atoms with Gasteiger partial charge in [-0.1, -0.05) is 68.7 Å². The first-order valence-electron chi connectivity index (χ1n) is 14.1. The Bertz CT molecular complexity index is 1090. The molecule has 1 unspecified atom stereocenters. The van der Waals surface area contributed by atoms with Crippen LogP contribution in [0.5, 0.6) is 0 Å². The van der Waals surface area contributed by atoms with Gasteiger partial charge < -0.3 is 24.5 Å². The third-order valence-corrected chi connectivity index (χ3v) is 8.40. The van der Waals surface area contributed by atoms with Gasteiger partial charge in [0.15, 0.2) is 0 Å². The van der Waals surface area contributed by atoms with E-state index in [4.69, 9.17) is 9.84 Å². The van der Waals surface area contributed by atoms with E-state index >= 15 is 0 Å². The smallest absolute Gasteiger partial charge is 0.249 e. The van der Waals surface area contributed by atoms with E-state index in [1.165, 1.54) is 0 Å². The number of ether oxygens (including phenoxy) is 1. The molecule has 0 radical (unpaired) electrons. The number of hydrogen-bond acceptors (Lipinski definition) is 5. The number of rotatable bonds is 10. The van der Waals surface area contributed by atoms with Crippen LogP contribution in [0.3, 0.4) is 0 Å². The van der Waals surface area contributed by atoms with E-state index in [9.17, 15) is 14.4 Å². The topological polar surface area (TPSA) is 90.4 Å². The van der Waals surface area contributed by atoms with Gasteiger partial charge in [0.05, 0.1) is 17.9 Å². The number of amides is 3. The zero-order chi connectivity index (χ0) is 26.7. The zero-order valence-corrected chi connectivity index (χ0v) is 22.2. The van der Waals surface area contributed by atoms with Gasteiger partial charge in [0, 0.05) is 38.5 Å². The van der Waals surface area contributed by atoms with Crippen molar-refractivity contribution in [3.8, 4) is 0 Å². The highest BCUT2D eigenvalue weighted by Crippen LogP contribution is 2.53. The average molecular weight is 522 g/mol. The number of unbranched alkanes of at least 4 members (excludes halogenated alkanes) is 4. The highest BCUT2D eigenvalue weighted by atomic mass is 16.5. The molecule has 8 nitrogen and oxygen atoms in total. The summed E-state index contributed by atoms with van der Waals surface area (Å²) < 4.78 is 6.70. The Morgan fingerprint density at radius 3 is 2.47 bits per heavy atom. The summed E-state index contributed by atoms with van der Waals surface area (Å²) in [4.78, 5) is 47.6. The lowest BCUT2D eigenvalue weighted by Crippen LogP contribution is -2.55. The summed E-state index contributed by atoms with van der Waals surface area (Å²) in [6.45, 7) is 4.18. The molecule has 38 heavy (non-hydrogen) atoms. The molecule has 4 aliphatic rings. The Hall–Kier alpha value is -2.97. The summed E-state index contributed by atoms with van der Waals surface area (Å²) in [6, 6.07) is 8.72. The number of carbonyl (C=O) groups is 3. The zero-order valence-electron chi connectivity index (χ0n) is 22.2. The molecular formula is C30H39N3O5. The molecule has 0 aromatic heterocycles. The Labute approximate surface area is 224 Å². The van der Waals surface area contributed by atoms with Crippen LogP contribution in [0.1, 0.15) is 45.4 Å². The number of carbonyl (C=O) groups excluding carboxylic acids is 3. The minimum absolute atomic E-state index is 0.0949. The molecule has 2 saturated heterocycles. The second kappa shape index (κ2) is 11.4. The van der Waals surface area contributed by atoms with Gasteiger partial charge in [-0.2, -0.15) is 0 Å². The van der Waals surface area contributed by atoms with Crippen LogP contribution in [-0.4, -0.2) is 83.2 Å². The number of para-hydroxylation sites is 1. The maximum Gasteiger partial charge on any atom is 0.249 e. The van der Waals surface area contributed by atoms with Crippen LogP contribution in [-0.2, 0) is 19.1 Å². The summed E-state index contributed by atoms with van der Waals surface area (Å²) in [5.74, 6) is -1.87. The fraction of sp³-hybridized carbons (Fsp3) is 0.567. The second-order valence-corrected chi connectivity index (χ2v) is 10.8. The van der Waals surface area contributed by atoms with Crippen molar-refractivity contribution >= 4 is 23.4 Å². The molecule has 0 saturated carbocycles. The van der Waals surface area contributed by atoms with Crippen molar-refractivity contribution in [1.29, 1.82) is 0 Å². The molecule has 1 spiro atoms. The third-order valence-electron chi connectivity index (χ3n) is 8.40. The monoisotopic (exact) mass is 521 g/mol. The molecular weight excluding hydrogens is 482 g/mol. The van der Waals surface area contributed by atoms with Crippen LogP contribution in [0.2, 0.25) is 0 Å². The number of aliphatic hydroxyl groups excluding tert-OH is 1. The lowest BCUT2D eigenvalue weighted by atomic mass is 9.77. The number of benzene rings is 1. The molecule has 5 rings (SSSR count). The molecule has 3 amide bonds. The molecule has 1 aromatic carbocycles. The Kier molecular flexibility index (Phi) is 8.00. The molecule has 204 valence electrons. The summed E-state index contributed by atoms with van der Waals surface area (Å²) in [6.07, 6.45) is 12.2. The molecule has 1 aromatic rings. The molecule has 2 fully saturated rings. The molecule has 1 N–H and O–H groups in total. The first-order chi connectivity index (χ1) is 18.5. The number of nitrogens with zero attached hydrogens (tertiary/aromatic N) is 3. The Morgan fingerprint density at radius 2 is 1.71 bits per heavy atom. The normalized spacial score (nSPS) is 30.4. The van der Waals surface area contributed by atoms with Gasteiger partial charge in [0.1, 0.15) is 11.6 Å². The molecule has 8 heteroatoms. The largest absolute Gasteiger partial charge is 0.396 e. The number of likely N-dealkylation sites (tertiary alicyclic amines) is 1. The van der Waals surface area contributed by atoms with Crippen LogP contribution in [0.4, 0.5) is 5.69 Å². The first kappa shape index (κ1) is 26.6. The summed E-state index contributed by atoms with van der Waals surface area (Å²) in [5.41, 5.74) is -0.389. The molecule has 0 bridgehead atoms. The average Bonchev–Trinajstić information content (AvgIpc) is 3.24. The highest BCUT2D eigenvalue weighted by Gasteiger charge is 2.71. The van der Waals surface area contributed by atoms with Gasteiger partial charge in [0.2, 0.25) is 17.7 Å². The minimum atomic E-state index is -1.17. The van der Waals surface area contributed by atoms with E-state index < -0.39 is 29.6 Å². The van der Waals surface area contributed by atoms with Crippen molar-refractivity contribution in [2.75, 3.05) is 37.7 Å². The van der Waals surface area contributed by atoms with Crippen molar-refractivity contribution in [3.63, 3.8) is 0 Å². The number of hydrogen-bond donors (Lipinski definition) is 1. The van der Waals surface area contributed by atoms with Crippen LogP contribution in [0.25, 0.3) is 0 Å². The third kappa shape index (κ3) is 4.58. The maximum atomic E-state index is 14.2. The quantitative estimate of drug-likeness (QED) is 0.378. The highest BCUT2D eigenvalue weighted by molar-refractivity contribution is 6.03. The summed E-state index contributed by atoms with van der Waals surface area (Å²) in [7, 11) is 0. The van der Waals surface area contributed by atoms with E-state index in [0.717, 1.165) is 44.2 Å². The van der Waals surface area contributed by atoms with Gasteiger partial charge in [0.25, 0.3) is 0 Å². The number of fused-ring (bicyclic) bond motifs is 2. The minimum Gasteiger partial charge on any atom is -0.396 e. The number of anilines is 1. The first-order valence-corrected chi connectivity index (χ1v) is 14.1. The number of aliphatic hydroxyl groups is 1. The van der Waals surface area contributed by atoms with Gasteiger partial charge in [-0.15, -0.1) is 0 Å². The molecule has 5 atom stereocenters. The van der Waals surface area contributed by atoms with E-state index in [-0.39, 0.29) is 24.3 Å². The van der Waals surface area contributed by atoms with Crippen LogP contribution in [0.15, 0.2) is 54.6 Å². The molecule has 0 aliphatic carbocycles. The predicted octanol–water partition coefficient (Wildman–Crippen LogP) is 2.92. The Balaban J connectivity index is 1.50. The van der Waals surface area contributed by atoms with E-state index in [1.54, 1.807) is 9.80 Å². The van der Waals surface area contributed by atoms with Crippen LogP contribution >= 0.6 is 0 Å². The van der Waals surface area contributed by atoms with E-state index in [0.29, 0.717) is 26.2 Å². The van der Waals surface area contributed by atoms with Crippen molar-refractivity contribution in [2.24, 2.45) is 11.8 Å². The van der Waals surface area contributed by atoms with Gasteiger partial charge >= 0.3 is 0 Å². The summed E-state index contributed by atoms with van der Waals surface area (Å²) >= 11 is 0. The van der Waals surface area contributed by atoms with Gasteiger partial charge in [-0.3, -0.25) is 14.4 Å². The standard InChI is InChI=1S/C30H39N3O5/c1-2-3-17-31-18-12-16-30-25(28(36)33(26(30)29(31)37)19-9-4-5-10-21-34)24-23(38-30)15-11-20-32(27(24)35)22-13-7-6-8-14-22/h6-8,11-16,23-26,34H,2-5,9-10,17-21H2,1H3/t23-,24+,25+,26?,30+/m1/s1.